The summed E-state index contributed by atoms with van der Waals surface area (Å²) in [4.78, 5) is 10.2. The topological polar surface area (TPSA) is 76.0 Å². The monoisotopic (exact) mass is 254 g/mol. The van der Waals surface area contributed by atoms with Gasteiger partial charge in [0.15, 0.2) is 5.79 Å². The standard InChI is InChI=1S/C7H6O2.C6H12O3/c8-7(9)6-4-2-1-3-5-6;1-6(2)8-4-5(3-7)9-6/h1-5H,(H,8,9);5,7H,3-4H2,1-2H3/t;5-/m.0/s1. The van der Waals surface area contributed by atoms with Crippen LogP contribution in [0.2, 0.25) is 0 Å². The maximum absolute atomic E-state index is 10.2. The van der Waals surface area contributed by atoms with Crippen LogP contribution in [0.5, 0.6) is 0 Å². The fourth-order valence-corrected chi connectivity index (χ4v) is 1.43. The highest BCUT2D eigenvalue weighted by atomic mass is 16.7. The lowest BCUT2D eigenvalue weighted by atomic mass is 10.2. The van der Waals surface area contributed by atoms with E-state index in [-0.39, 0.29) is 12.7 Å². The van der Waals surface area contributed by atoms with E-state index in [9.17, 15) is 4.79 Å². The molecule has 1 aromatic rings. The van der Waals surface area contributed by atoms with Crippen molar-refractivity contribution in [2.24, 2.45) is 0 Å². The zero-order valence-electron chi connectivity index (χ0n) is 10.5. The number of carbonyl (C=O) groups is 1. The van der Waals surface area contributed by atoms with Crippen molar-refractivity contribution in [2.75, 3.05) is 13.2 Å². The summed E-state index contributed by atoms with van der Waals surface area (Å²) < 4.78 is 10.4. The largest absolute Gasteiger partial charge is 0.478 e. The molecule has 0 aliphatic carbocycles. The summed E-state index contributed by atoms with van der Waals surface area (Å²) in [5.41, 5.74) is 0.331. The van der Waals surface area contributed by atoms with E-state index in [1.807, 2.05) is 13.8 Å². The predicted molar refractivity (Wildman–Crippen MR) is 65.4 cm³/mol. The third-order valence-electron chi connectivity index (χ3n) is 2.29. The molecule has 0 unspecified atom stereocenters. The number of aromatic carboxylic acids is 1. The zero-order chi connectivity index (χ0) is 13.6. The SMILES string of the molecule is CC1(C)OC[C@H](CO)O1.O=C(O)c1ccccc1. The molecule has 1 aliphatic rings. The van der Waals surface area contributed by atoms with Crippen molar-refractivity contribution in [3.05, 3.63) is 35.9 Å². The second kappa shape index (κ2) is 6.49. The maximum atomic E-state index is 10.2. The van der Waals surface area contributed by atoms with Crippen LogP contribution in [0, 0.1) is 0 Å². The molecular weight excluding hydrogens is 236 g/mol. The summed E-state index contributed by atoms with van der Waals surface area (Å²) in [6.07, 6.45) is -0.125. The molecule has 1 heterocycles. The van der Waals surface area contributed by atoms with E-state index in [2.05, 4.69) is 0 Å². The Morgan fingerprint density at radius 1 is 1.39 bits per heavy atom. The summed E-state index contributed by atoms with van der Waals surface area (Å²) in [5.74, 6) is -1.37. The highest BCUT2D eigenvalue weighted by Gasteiger charge is 2.31. The second-order valence-electron chi connectivity index (χ2n) is 4.30. The molecule has 0 amide bonds. The normalized spacial score (nSPS) is 20.9. The molecule has 1 atom stereocenters. The molecule has 1 aromatic carbocycles. The number of hydrogen-bond acceptors (Lipinski definition) is 4. The number of ether oxygens (including phenoxy) is 2. The van der Waals surface area contributed by atoms with E-state index in [4.69, 9.17) is 19.7 Å². The van der Waals surface area contributed by atoms with Gasteiger partial charge in [-0.05, 0) is 26.0 Å². The van der Waals surface area contributed by atoms with Crippen molar-refractivity contribution in [3.8, 4) is 0 Å². The maximum Gasteiger partial charge on any atom is 0.335 e. The Kier molecular flexibility index (Phi) is 5.27. The second-order valence-corrected chi connectivity index (χ2v) is 4.30. The van der Waals surface area contributed by atoms with Crippen LogP contribution in [0.1, 0.15) is 24.2 Å². The summed E-state index contributed by atoms with van der Waals surface area (Å²) in [5, 5.41) is 17.0. The molecule has 1 saturated heterocycles. The highest BCUT2D eigenvalue weighted by molar-refractivity contribution is 5.87. The molecular formula is C13H18O5. The molecule has 2 N–H and O–H groups in total. The van der Waals surface area contributed by atoms with Crippen LogP contribution in [-0.2, 0) is 9.47 Å². The van der Waals surface area contributed by atoms with Gasteiger partial charge in [0, 0.05) is 0 Å². The average Bonchev–Trinajstić information content (AvgIpc) is 2.71. The van der Waals surface area contributed by atoms with Crippen LogP contribution in [0.25, 0.3) is 0 Å². The molecule has 1 fully saturated rings. The van der Waals surface area contributed by atoms with Gasteiger partial charge in [-0.1, -0.05) is 18.2 Å². The van der Waals surface area contributed by atoms with Gasteiger partial charge < -0.3 is 19.7 Å². The van der Waals surface area contributed by atoms with Crippen LogP contribution in [0.4, 0.5) is 0 Å². The molecule has 0 spiro atoms. The van der Waals surface area contributed by atoms with E-state index in [0.717, 1.165) is 0 Å². The van der Waals surface area contributed by atoms with Crippen molar-refractivity contribution in [1.29, 1.82) is 0 Å². The van der Waals surface area contributed by atoms with E-state index in [1.165, 1.54) is 0 Å². The number of aliphatic hydroxyl groups is 1. The smallest absolute Gasteiger partial charge is 0.335 e. The Morgan fingerprint density at radius 2 is 2.00 bits per heavy atom. The summed E-state index contributed by atoms with van der Waals surface area (Å²) >= 11 is 0. The van der Waals surface area contributed by atoms with Crippen LogP contribution >= 0.6 is 0 Å². The van der Waals surface area contributed by atoms with Gasteiger partial charge in [0.2, 0.25) is 0 Å². The van der Waals surface area contributed by atoms with Crippen molar-refractivity contribution in [2.45, 2.75) is 25.7 Å². The van der Waals surface area contributed by atoms with Crippen LogP contribution in [0.3, 0.4) is 0 Å². The van der Waals surface area contributed by atoms with E-state index in [1.54, 1.807) is 30.3 Å². The van der Waals surface area contributed by atoms with Gasteiger partial charge in [0.25, 0.3) is 0 Å². The van der Waals surface area contributed by atoms with Gasteiger partial charge >= 0.3 is 5.97 Å². The first-order valence-electron chi connectivity index (χ1n) is 5.65. The number of rotatable bonds is 2. The Morgan fingerprint density at radius 3 is 2.28 bits per heavy atom. The first-order valence-corrected chi connectivity index (χ1v) is 5.65. The predicted octanol–water partition coefficient (Wildman–Crippen LogP) is 1.52. The molecule has 2 rings (SSSR count). The van der Waals surface area contributed by atoms with Gasteiger partial charge in [-0.2, -0.15) is 0 Å². The molecule has 0 radical (unpaired) electrons. The first kappa shape index (κ1) is 14.6. The molecule has 18 heavy (non-hydrogen) atoms. The lowest BCUT2D eigenvalue weighted by molar-refractivity contribution is -0.142. The number of hydrogen-bond donors (Lipinski definition) is 2. The van der Waals surface area contributed by atoms with Gasteiger partial charge in [-0.25, -0.2) is 4.79 Å². The highest BCUT2D eigenvalue weighted by Crippen LogP contribution is 2.21. The number of aliphatic hydroxyl groups excluding tert-OH is 1. The lowest BCUT2D eigenvalue weighted by Crippen LogP contribution is -2.22. The Bertz CT molecular complexity index is 374. The minimum Gasteiger partial charge on any atom is -0.478 e. The summed E-state index contributed by atoms with van der Waals surface area (Å²) in [7, 11) is 0. The van der Waals surface area contributed by atoms with Crippen molar-refractivity contribution in [3.63, 3.8) is 0 Å². The summed E-state index contributed by atoms with van der Waals surface area (Å²) in [6.45, 7) is 4.22. The minimum absolute atomic E-state index is 0.0451. The molecule has 1 aliphatic heterocycles. The third kappa shape index (κ3) is 4.83. The molecule has 0 aromatic heterocycles. The number of carboxylic acid groups (broad SMARTS) is 1. The van der Waals surface area contributed by atoms with Gasteiger partial charge in [-0.15, -0.1) is 0 Å². The van der Waals surface area contributed by atoms with Crippen LogP contribution < -0.4 is 0 Å². The first-order chi connectivity index (χ1) is 8.44. The molecule has 0 bridgehead atoms. The van der Waals surface area contributed by atoms with E-state index in [0.29, 0.717) is 12.2 Å². The van der Waals surface area contributed by atoms with Crippen LogP contribution in [0.15, 0.2) is 30.3 Å². The third-order valence-corrected chi connectivity index (χ3v) is 2.29. The Hall–Kier alpha value is -1.43. The molecule has 0 saturated carbocycles. The molecule has 5 nitrogen and oxygen atoms in total. The van der Waals surface area contributed by atoms with Gasteiger partial charge in [0.1, 0.15) is 6.10 Å². The van der Waals surface area contributed by atoms with E-state index < -0.39 is 11.8 Å². The minimum atomic E-state index is -0.879. The van der Waals surface area contributed by atoms with Crippen molar-refractivity contribution < 1.29 is 24.5 Å². The molecule has 100 valence electrons. The number of carboxylic acids is 1. The van der Waals surface area contributed by atoms with Crippen LogP contribution in [-0.4, -0.2) is 41.3 Å². The van der Waals surface area contributed by atoms with E-state index >= 15 is 0 Å². The average molecular weight is 254 g/mol. The Balaban J connectivity index is 0.000000180. The van der Waals surface area contributed by atoms with Gasteiger partial charge in [0.05, 0.1) is 18.8 Å². The van der Waals surface area contributed by atoms with Gasteiger partial charge in [-0.3, -0.25) is 0 Å². The zero-order valence-corrected chi connectivity index (χ0v) is 10.5. The Labute approximate surface area is 106 Å². The quantitative estimate of drug-likeness (QED) is 0.836. The van der Waals surface area contributed by atoms with Crippen molar-refractivity contribution in [1.82, 2.24) is 0 Å². The van der Waals surface area contributed by atoms with Crippen molar-refractivity contribution >= 4 is 5.97 Å². The molecule has 5 heteroatoms. The summed E-state index contributed by atoms with van der Waals surface area (Å²) in [6, 6.07) is 8.30. The fraction of sp³-hybridized carbons (Fsp3) is 0.462. The lowest BCUT2D eigenvalue weighted by Gasteiger charge is -2.15. The number of benzene rings is 1. The fourth-order valence-electron chi connectivity index (χ4n) is 1.43.